The van der Waals surface area contributed by atoms with E-state index in [1.54, 1.807) is 62.4 Å². The summed E-state index contributed by atoms with van der Waals surface area (Å²) >= 11 is 0. The maximum Gasteiger partial charge on any atom is 0.338 e. The lowest BCUT2D eigenvalue weighted by Gasteiger charge is -2.14. The molecule has 0 aromatic heterocycles. The third-order valence-corrected chi connectivity index (χ3v) is 5.10. The smallest absolute Gasteiger partial charge is 0.338 e. The molecule has 5 nitrogen and oxygen atoms in total. The first kappa shape index (κ1) is 25.6. The molecule has 0 bridgehead atoms. The number of halogens is 1. The van der Waals surface area contributed by atoms with Crippen molar-refractivity contribution in [2.24, 2.45) is 0 Å². The van der Waals surface area contributed by atoms with Gasteiger partial charge in [0.05, 0.1) is 6.61 Å². The molecule has 0 radical (unpaired) electrons. The molecule has 35 heavy (non-hydrogen) atoms. The van der Waals surface area contributed by atoms with Crippen LogP contribution in [0.5, 0.6) is 11.5 Å². The van der Waals surface area contributed by atoms with Crippen molar-refractivity contribution in [2.45, 2.75) is 27.4 Å². The van der Waals surface area contributed by atoms with Gasteiger partial charge in [0.15, 0.2) is 0 Å². The second-order valence-corrected chi connectivity index (χ2v) is 8.01. The molecule has 0 aliphatic heterocycles. The summed E-state index contributed by atoms with van der Waals surface area (Å²) in [6.45, 7) is 12.9. The Bertz CT molecular complexity index is 1270. The van der Waals surface area contributed by atoms with Crippen LogP contribution in [0.4, 0.5) is 4.39 Å². The van der Waals surface area contributed by atoms with Crippen LogP contribution in [0.15, 0.2) is 85.0 Å². The van der Waals surface area contributed by atoms with Crippen molar-refractivity contribution in [1.29, 1.82) is 0 Å². The molecule has 0 aliphatic rings. The van der Waals surface area contributed by atoms with Gasteiger partial charge in [-0.1, -0.05) is 43.5 Å². The summed E-state index contributed by atoms with van der Waals surface area (Å²) < 4.78 is 31.3. The minimum atomic E-state index is -0.531. The van der Waals surface area contributed by atoms with E-state index in [4.69, 9.17) is 14.2 Å². The first-order valence-electron chi connectivity index (χ1n) is 11.1. The van der Waals surface area contributed by atoms with Crippen LogP contribution in [0.25, 0.3) is 22.3 Å². The van der Waals surface area contributed by atoms with Gasteiger partial charge in [0.1, 0.15) is 17.3 Å². The van der Waals surface area contributed by atoms with Crippen molar-refractivity contribution in [3.8, 4) is 33.8 Å². The van der Waals surface area contributed by atoms with Gasteiger partial charge in [0.25, 0.3) is 0 Å². The van der Waals surface area contributed by atoms with Gasteiger partial charge in [0.2, 0.25) is 0 Å². The number of carbonyl (C=O) groups excluding carboxylic acids is 2. The highest BCUT2D eigenvalue weighted by Gasteiger charge is 2.15. The molecule has 0 amide bonds. The summed E-state index contributed by atoms with van der Waals surface area (Å²) in [5.74, 6) is -0.732. The molecule has 0 saturated carbocycles. The van der Waals surface area contributed by atoms with Crippen molar-refractivity contribution < 1.29 is 28.2 Å². The van der Waals surface area contributed by atoms with Gasteiger partial charge in [-0.3, -0.25) is 0 Å². The Labute approximate surface area is 204 Å². The van der Waals surface area contributed by atoms with Crippen molar-refractivity contribution in [1.82, 2.24) is 0 Å². The van der Waals surface area contributed by atoms with E-state index < -0.39 is 17.8 Å². The molecular formula is C29H27FO5. The van der Waals surface area contributed by atoms with Crippen LogP contribution < -0.4 is 9.47 Å². The van der Waals surface area contributed by atoms with E-state index in [9.17, 15) is 9.59 Å². The number of benzene rings is 3. The van der Waals surface area contributed by atoms with Gasteiger partial charge >= 0.3 is 11.9 Å². The summed E-state index contributed by atoms with van der Waals surface area (Å²) in [6, 6.07) is 16.7. The van der Waals surface area contributed by atoms with Gasteiger partial charge < -0.3 is 14.2 Å². The number of hydrogen-bond acceptors (Lipinski definition) is 5. The third-order valence-electron chi connectivity index (χ3n) is 5.10. The molecule has 6 heteroatoms. The largest absolute Gasteiger partial charge is 0.423 e. The van der Waals surface area contributed by atoms with Crippen LogP contribution in [0.1, 0.15) is 26.3 Å². The molecule has 180 valence electrons. The minimum absolute atomic E-state index is 0.232. The average molecular weight is 475 g/mol. The van der Waals surface area contributed by atoms with Crippen LogP contribution in [0.3, 0.4) is 0 Å². The summed E-state index contributed by atoms with van der Waals surface area (Å²) in [5, 5.41) is 0. The van der Waals surface area contributed by atoms with Gasteiger partial charge in [-0.2, -0.15) is 0 Å². The Morgan fingerprint density at radius 2 is 1.31 bits per heavy atom. The lowest BCUT2D eigenvalue weighted by molar-refractivity contribution is -0.130. The quantitative estimate of drug-likeness (QED) is 0.197. The van der Waals surface area contributed by atoms with Gasteiger partial charge in [-0.05, 0) is 73.4 Å². The molecule has 0 aliphatic carbocycles. The van der Waals surface area contributed by atoms with Gasteiger partial charge in [-0.15, -0.1) is 0 Å². The number of esters is 2. The lowest BCUT2D eigenvalue weighted by Crippen LogP contribution is -2.08. The number of rotatable bonds is 9. The highest BCUT2D eigenvalue weighted by molar-refractivity contribution is 5.89. The maximum absolute atomic E-state index is 15.3. The van der Waals surface area contributed by atoms with Crippen LogP contribution in [0.2, 0.25) is 0 Å². The number of hydrogen-bond donors (Lipinski definition) is 0. The topological polar surface area (TPSA) is 61.8 Å². The standard InChI is InChI=1S/C29H27FO5/c1-6-33-17-22-15-24(35-29(32)19(4)5)12-14-25(22)26-13-9-21(16-27(26)30)20-7-10-23(11-8-20)34-28(31)18(2)3/h7-16H,2,4,6,17H2,1,3,5H3. The zero-order valence-corrected chi connectivity index (χ0v) is 20.0. The molecule has 0 spiro atoms. The Morgan fingerprint density at radius 3 is 1.89 bits per heavy atom. The lowest BCUT2D eigenvalue weighted by atomic mass is 9.96. The predicted octanol–water partition coefficient (Wildman–Crippen LogP) is 6.66. The van der Waals surface area contributed by atoms with Crippen LogP contribution in [0, 0.1) is 5.82 Å². The van der Waals surface area contributed by atoms with E-state index in [0.717, 1.165) is 5.56 Å². The van der Waals surface area contributed by atoms with Gasteiger partial charge in [0, 0.05) is 23.3 Å². The molecule has 3 rings (SSSR count). The monoisotopic (exact) mass is 474 g/mol. The van der Waals surface area contributed by atoms with E-state index in [2.05, 4.69) is 13.2 Å². The second-order valence-electron chi connectivity index (χ2n) is 8.01. The molecule has 0 atom stereocenters. The molecule has 0 saturated heterocycles. The molecule has 3 aromatic carbocycles. The fourth-order valence-electron chi connectivity index (χ4n) is 3.24. The van der Waals surface area contributed by atoms with Crippen LogP contribution in [-0.4, -0.2) is 18.5 Å². The summed E-state index contributed by atoms with van der Waals surface area (Å²) in [5.41, 5.74) is 3.74. The molecule has 0 fully saturated rings. The number of carbonyl (C=O) groups is 2. The fourth-order valence-corrected chi connectivity index (χ4v) is 3.24. The van der Waals surface area contributed by atoms with E-state index >= 15 is 4.39 Å². The highest BCUT2D eigenvalue weighted by Crippen LogP contribution is 2.33. The Morgan fingerprint density at radius 1 is 0.771 bits per heavy atom. The molecule has 3 aromatic rings. The van der Waals surface area contributed by atoms with E-state index in [1.807, 2.05) is 13.0 Å². The predicted molar refractivity (Wildman–Crippen MR) is 133 cm³/mol. The summed E-state index contributed by atoms with van der Waals surface area (Å²) in [7, 11) is 0. The van der Waals surface area contributed by atoms with E-state index in [1.165, 1.54) is 6.07 Å². The molecule has 0 heterocycles. The van der Waals surface area contributed by atoms with Gasteiger partial charge in [-0.25, -0.2) is 14.0 Å². The average Bonchev–Trinajstić information content (AvgIpc) is 2.83. The minimum Gasteiger partial charge on any atom is -0.423 e. The normalized spacial score (nSPS) is 10.5. The summed E-state index contributed by atoms with van der Waals surface area (Å²) in [6.07, 6.45) is 0. The van der Waals surface area contributed by atoms with Crippen molar-refractivity contribution in [3.63, 3.8) is 0 Å². The Kier molecular flexibility index (Phi) is 8.34. The SMILES string of the molecule is C=C(C)C(=O)Oc1ccc(-c2ccc(-c3ccc(OC(=O)C(=C)C)cc3COCC)c(F)c2)cc1. The zero-order chi connectivity index (χ0) is 25.5. The Balaban J connectivity index is 1.89. The first-order chi connectivity index (χ1) is 16.7. The molecular weight excluding hydrogens is 447 g/mol. The first-order valence-corrected chi connectivity index (χ1v) is 11.1. The Hall–Kier alpha value is -4.03. The molecule has 0 N–H and O–H groups in total. The van der Waals surface area contributed by atoms with Crippen molar-refractivity contribution in [3.05, 3.63) is 96.3 Å². The zero-order valence-electron chi connectivity index (χ0n) is 20.0. The van der Waals surface area contributed by atoms with Crippen LogP contribution >= 0.6 is 0 Å². The molecule has 0 unspecified atom stereocenters. The van der Waals surface area contributed by atoms with E-state index in [0.29, 0.717) is 45.9 Å². The summed E-state index contributed by atoms with van der Waals surface area (Å²) in [4.78, 5) is 23.6. The maximum atomic E-state index is 15.3. The number of ether oxygens (including phenoxy) is 3. The highest BCUT2D eigenvalue weighted by atomic mass is 19.1. The van der Waals surface area contributed by atoms with E-state index in [-0.39, 0.29) is 12.2 Å². The van der Waals surface area contributed by atoms with Crippen LogP contribution in [-0.2, 0) is 20.9 Å². The second kappa shape index (κ2) is 11.4. The fraction of sp³-hybridized carbons (Fsp3) is 0.172. The van der Waals surface area contributed by atoms with Crippen molar-refractivity contribution >= 4 is 11.9 Å². The van der Waals surface area contributed by atoms with Crippen molar-refractivity contribution in [2.75, 3.05) is 6.61 Å². The third kappa shape index (κ3) is 6.52.